The van der Waals surface area contributed by atoms with E-state index in [0.717, 1.165) is 6.07 Å². The second-order valence-corrected chi connectivity index (χ2v) is 4.46. The molecule has 1 N–H and O–H groups in total. The van der Waals surface area contributed by atoms with Crippen molar-refractivity contribution in [2.75, 3.05) is 5.32 Å². The molecule has 18 heavy (non-hydrogen) atoms. The first-order valence-corrected chi connectivity index (χ1v) is 5.35. The van der Waals surface area contributed by atoms with Crippen molar-refractivity contribution in [1.29, 1.82) is 0 Å². The summed E-state index contributed by atoms with van der Waals surface area (Å²) in [5, 5.41) is 13.1. The van der Waals surface area contributed by atoms with Gasteiger partial charge in [-0.15, -0.1) is 0 Å². The molecule has 98 valence electrons. The molecule has 1 saturated carbocycles. The largest absolute Gasteiger partial charge is 0.411 e. The number of benzene rings is 1. The highest BCUT2D eigenvalue weighted by Gasteiger charge is 2.63. The van der Waals surface area contributed by atoms with Gasteiger partial charge in [0, 0.05) is 17.3 Å². The molecule has 0 atom stereocenters. The Morgan fingerprint density at radius 1 is 1.39 bits per heavy atom. The molecule has 0 aromatic heterocycles. The van der Waals surface area contributed by atoms with E-state index in [4.69, 9.17) is 0 Å². The molecule has 0 saturated heterocycles. The molecule has 0 unspecified atom stereocenters. The Balaban J connectivity index is 2.26. The third-order valence-electron chi connectivity index (χ3n) is 3.08. The van der Waals surface area contributed by atoms with Crippen molar-refractivity contribution < 1.29 is 18.1 Å². The van der Waals surface area contributed by atoms with Crippen LogP contribution in [-0.2, 0) is 0 Å². The van der Waals surface area contributed by atoms with Crippen LogP contribution >= 0.6 is 0 Å². The zero-order valence-electron chi connectivity index (χ0n) is 9.54. The Hall–Kier alpha value is -1.79. The second-order valence-electron chi connectivity index (χ2n) is 4.46. The fraction of sp³-hybridized carbons (Fsp3) is 0.455. The molecular formula is C11H11F3N2O2. The molecule has 1 aromatic carbocycles. The van der Waals surface area contributed by atoms with Gasteiger partial charge in [-0.25, -0.2) is 0 Å². The van der Waals surface area contributed by atoms with E-state index in [9.17, 15) is 23.3 Å². The number of nitrogens with one attached hydrogen (secondary N) is 1. The molecule has 0 bridgehead atoms. The van der Waals surface area contributed by atoms with Crippen molar-refractivity contribution in [2.24, 2.45) is 0 Å². The van der Waals surface area contributed by atoms with E-state index in [2.05, 4.69) is 5.32 Å². The van der Waals surface area contributed by atoms with Crippen LogP contribution in [0.15, 0.2) is 18.2 Å². The molecule has 0 radical (unpaired) electrons. The van der Waals surface area contributed by atoms with Gasteiger partial charge < -0.3 is 5.32 Å². The molecular weight excluding hydrogens is 249 g/mol. The second kappa shape index (κ2) is 3.86. The maximum absolute atomic E-state index is 12.7. The van der Waals surface area contributed by atoms with E-state index >= 15 is 0 Å². The number of halogens is 3. The van der Waals surface area contributed by atoms with Gasteiger partial charge in [0.25, 0.3) is 5.69 Å². The van der Waals surface area contributed by atoms with Crippen LogP contribution in [0, 0.1) is 17.0 Å². The van der Waals surface area contributed by atoms with Crippen molar-refractivity contribution in [3.63, 3.8) is 0 Å². The predicted octanol–water partition coefficient (Wildman–Crippen LogP) is 3.41. The molecule has 7 heteroatoms. The summed E-state index contributed by atoms with van der Waals surface area (Å²) in [6.45, 7) is 1.54. The van der Waals surface area contributed by atoms with Gasteiger partial charge >= 0.3 is 6.18 Å². The first-order chi connectivity index (χ1) is 8.25. The molecule has 0 amide bonds. The summed E-state index contributed by atoms with van der Waals surface area (Å²) in [5.41, 5.74) is -1.54. The van der Waals surface area contributed by atoms with Gasteiger partial charge in [0.2, 0.25) is 0 Å². The highest BCUT2D eigenvalue weighted by atomic mass is 19.4. The van der Waals surface area contributed by atoms with Crippen molar-refractivity contribution >= 4 is 11.4 Å². The number of nitrogens with zero attached hydrogens (tertiary/aromatic N) is 1. The van der Waals surface area contributed by atoms with Crippen molar-refractivity contribution in [1.82, 2.24) is 0 Å². The van der Waals surface area contributed by atoms with E-state index in [1.165, 1.54) is 12.1 Å². The minimum absolute atomic E-state index is 0.00181. The SMILES string of the molecule is Cc1ccc(NC2(C(F)(F)F)CC2)cc1[N+](=O)[O-]. The van der Waals surface area contributed by atoms with Gasteiger partial charge in [0.1, 0.15) is 5.54 Å². The first kappa shape index (κ1) is 12.7. The van der Waals surface area contributed by atoms with Crippen LogP contribution in [0.25, 0.3) is 0 Å². The van der Waals surface area contributed by atoms with E-state index in [1.54, 1.807) is 6.92 Å². The van der Waals surface area contributed by atoms with E-state index in [1.807, 2.05) is 0 Å². The first-order valence-electron chi connectivity index (χ1n) is 5.35. The lowest BCUT2D eigenvalue weighted by Crippen LogP contribution is -2.38. The molecule has 0 spiro atoms. The maximum Gasteiger partial charge on any atom is 0.411 e. The van der Waals surface area contributed by atoms with Crippen LogP contribution in [0.4, 0.5) is 24.5 Å². The molecule has 1 aliphatic carbocycles. The third kappa shape index (κ3) is 2.12. The van der Waals surface area contributed by atoms with E-state index < -0.39 is 16.6 Å². The lowest BCUT2D eigenvalue weighted by molar-refractivity contribution is -0.385. The average molecular weight is 260 g/mol. The zero-order chi connectivity index (χ0) is 13.6. The number of hydrogen-bond acceptors (Lipinski definition) is 3. The molecule has 4 nitrogen and oxygen atoms in total. The Bertz CT molecular complexity index is 496. The smallest absolute Gasteiger partial charge is 0.371 e. The van der Waals surface area contributed by atoms with Gasteiger partial charge in [-0.2, -0.15) is 13.2 Å². The normalized spacial score (nSPS) is 17.3. The molecule has 0 heterocycles. The van der Waals surface area contributed by atoms with Crippen LogP contribution in [-0.4, -0.2) is 16.6 Å². The van der Waals surface area contributed by atoms with Gasteiger partial charge in [0.15, 0.2) is 0 Å². The van der Waals surface area contributed by atoms with Crippen molar-refractivity contribution in [3.05, 3.63) is 33.9 Å². The summed E-state index contributed by atoms with van der Waals surface area (Å²) in [7, 11) is 0. The molecule has 1 fully saturated rings. The maximum atomic E-state index is 12.7. The van der Waals surface area contributed by atoms with Crippen LogP contribution in [0.1, 0.15) is 18.4 Å². The molecule has 1 aliphatic rings. The van der Waals surface area contributed by atoms with E-state index in [0.29, 0.717) is 5.56 Å². The summed E-state index contributed by atoms with van der Waals surface area (Å²) in [5.74, 6) is 0. The summed E-state index contributed by atoms with van der Waals surface area (Å²) < 4.78 is 38.2. The minimum atomic E-state index is -4.34. The lowest BCUT2D eigenvalue weighted by atomic mass is 10.1. The van der Waals surface area contributed by atoms with Crippen LogP contribution in [0.5, 0.6) is 0 Å². The molecule has 0 aliphatic heterocycles. The zero-order valence-corrected chi connectivity index (χ0v) is 9.54. The Morgan fingerprint density at radius 2 is 2.00 bits per heavy atom. The summed E-state index contributed by atoms with van der Waals surface area (Å²) in [6.07, 6.45) is -4.34. The number of anilines is 1. The van der Waals surface area contributed by atoms with Gasteiger partial charge in [-0.1, -0.05) is 6.07 Å². The summed E-state index contributed by atoms with van der Waals surface area (Å²) in [4.78, 5) is 10.1. The van der Waals surface area contributed by atoms with Crippen molar-refractivity contribution in [2.45, 2.75) is 31.5 Å². The van der Waals surface area contributed by atoms with Crippen LogP contribution < -0.4 is 5.32 Å². The molecule has 1 aromatic rings. The Morgan fingerprint density at radius 3 is 2.44 bits per heavy atom. The fourth-order valence-corrected chi connectivity index (χ4v) is 1.76. The van der Waals surface area contributed by atoms with Crippen molar-refractivity contribution in [3.8, 4) is 0 Å². The number of nitro benzene ring substituents is 1. The van der Waals surface area contributed by atoms with Gasteiger partial charge in [-0.3, -0.25) is 10.1 Å². The summed E-state index contributed by atoms with van der Waals surface area (Å²) >= 11 is 0. The topological polar surface area (TPSA) is 55.2 Å². The predicted molar refractivity (Wildman–Crippen MR) is 59.5 cm³/mol. The standard InChI is InChI=1S/C11H11F3N2O2/c1-7-2-3-8(6-9(7)16(17)18)15-10(4-5-10)11(12,13)14/h2-3,6,15H,4-5H2,1H3. The van der Waals surface area contributed by atoms with Gasteiger partial charge in [-0.05, 0) is 25.8 Å². The third-order valence-corrected chi connectivity index (χ3v) is 3.08. The quantitative estimate of drug-likeness (QED) is 0.669. The monoisotopic (exact) mass is 260 g/mol. The lowest BCUT2D eigenvalue weighted by Gasteiger charge is -2.21. The number of rotatable bonds is 3. The number of alkyl halides is 3. The van der Waals surface area contributed by atoms with Crippen LogP contribution in [0.2, 0.25) is 0 Å². The van der Waals surface area contributed by atoms with E-state index in [-0.39, 0.29) is 24.2 Å². The minimum Gasteiger partial charge on any atom is -0.371 e. The van der Waals surface area contributed by atoms with Crippen LogP contribution in [0.3, 0.4) is 0 Å². The highest BCUT2D eigenvalue weighted by molar-refractivity contribution is 5.57. The number of aryl methyl sites for hydroxylation is 1. The Labute approximate surface area is 101 Å². The molecule has 2 rings (SSSR count). The fourth-order valence-electron chi connectivity index (χ4n) is 1.76. The average Bonchev–Trinajstić information content (AvgIpc) is 3.00. The Kier molecular flexibility index (Phi) is 2.71. The van der Waals surface area contributed by atoms with Gasteiger partial charge in [0.05, 0.1) is 4.92 Å². The number of hydrogen-bond donors (Lipinski definition) is 1. The highest BCUT2D eigenvalue weighted by Crippen LogP contribution is 2.51. The summed E-state index contributed by atoms with van der Waals surface area (Å²) in [6, 6.07) is 4.00. The number of nitro groups is 1.